The molecule has 2 amide bonds. The molecular formula is C19H24N2O3. The maximum atomic E-state index is 12.2. The molecular weight excluding hydrogens is 304 g/mol. The lowest BCUT2D eigenvalue weighted by atomic mass is 10.1. The summed E-state index contributed by atoms with van der Waals surface area (Å²) >= 11 is 0. The van der Waals surface area contributed by atoms with Gasteiger partial charge in [-0.15, -0.1) is 0 Å². The van der Waals surface area contributed by atoms with E-state index in [0.717, 1.165) is 12.0 Å². The third kappa shape index (κ3) is 4.41. The van der Waals surface area contributed by atoms with Gasteiger partial charge in [-0.05, 0) is 36.6 Å². The molecule has 0 heterocycles. The monoisotopic (exact) mass is 328 g/mol. The maximum absolute atomic E-state index is 12.2. The fraction of sp³-hybridized carbons (Fsp3) is 0.316. The third-order valence-electron chi connectivity index (χ3n) is 3.88. The average molecular weight is 328 g/mol. The van der Waals surface area contributed by atoms with Crippen LogP contribution >= 0.6 is 0 Å². The first-order valence-corrected chi connectivity index (χ1v) is 7.95. The van der Waals surface area contributed by atoms with Crippen LogP contribution in [0.2, 0.25) is 0 Å². The van der Waals surface area contributed by atoms with E-state index in [9.17, 15) is 4.79 Å². The topological polar surface area (TPSA) is 59.6 Å². The number of urea groups is 1. The number of amides is 2. The minimum atomic E-state index is -0.269. The Morgan fingerprint density at radius 3 is 2.29 bits per heavy atom. The van der Waals surface area contributed by atoms with Crippen molar-refractivity contribution in [1.29, 1.82) is 0 Å². The second-order valence-corrected chi connectivity index (χ2v) is 5.49. The van der Waals surface area contributed by atoms with Crippen molar-refractivity contribution in [3.05, 3.63) is 53.6 Å². The SMILES string of the molecule is CCc1ccc(C(C)NC(=O)Nc2ccc(OC)c(OC)c2)cc1. The molecule has 2 aromatic carbocycles. The van der Waals surface area contributed by atoms with E-state index in [-0.39, 0.29) is 12.1 Å². The molecule has 0 fully saturated rings. The van der Waals surface area contributed by atoms with Crippen molar-refractivity contribution in [2.45, 2.75) is 26.3 Å². The maximum Gasteiger partial charge on any atom is 0.319 e. The minimum absolute atomic E-state index is 0.0870. The van der Waals surface area contributed by atoms with E-state index in [2.05, 4.69) is 29.7 Å². The number of hydrogen-bond acceptors (Lipinski definition) is 3. The van der Waals surface area contributed by atoms with Crippen LogP contribution < -0.4 is 20.1 Å². The van der Waals surface area contributed by atoms with E-state index in [4.69, 9.17) is 9.47 Å². The third-order valence-corrected chi connectivity index (χ3v) is 3.88. The highest BCUT2D eigenvalue weighted by molar-refractivity contribution is 5.89. The van der Waals surface area contributed by atoms with Gasteiger partial charge >= 0.3 is 6.03 Å². The molecule has 0 aromatic heterocycles. The van der Waals surface area contributed by atoms with E-state index in [1.807, 2.05) is 19.1 Å². The number of nitrogens with one attached hydrogen (secondary N) is 2. The number of benzene rings is 2. The van der Waals surface area contributed by atoms with Crippen molar-refractivity contribution in [3.8, 4) is 11.5 Å². The molecule has 0 radical (unpaired) electrons. The number of anilines is 1. The highest BCUT2D eigenvalue weighted by atomic mass is 16.5. The number of carbonyl (C=O) groups excluding carboxylic acids is 1. The molecule has 24 heavy (non-hydrogen) atoms. The standard InChI is InChI=1S/C19H24N2O3/c1-5-14-6-8-15(9-7-14)13(2)20-19(22)21-16-10-11-17(23-3)18(12-16)24-4/h6-13H,5H2,1-4H3,(H2,20,21,22). The fourth-order valence-corrected chi connectivity index (χ4v) is 2.40. The van der Waals surface area contributed by atoms with Crippen LogP contribution in [0.5, 0.6) is 11.5 Å². The molecule has 2 rings (SSSR count). The number of aryl methyl sites for hydroxylation is 1. The Hall–Kier alpha value is -2.69. The molecule has 5 nitrogen and oxygen atoms in total. The predicted molar refractivity (Wildman–Crippen MR) is 95.9 cm³/mol. The Kier molecular flexibility index (Phi) is 6.07. The second kappa shape index (κ2) is 8.24. The molecule has 0 aliphatic rings. The fourth-order valence-electron chi connectivity index (χ4n) is 2.40. The van der Waals surface area contributed by atoms with Crippen LogP contribution in [0.3, 0.4) is 0 Å². The van der Waals surface area contributed by atoms with Gasteiger partial charge < -0.3 is 20.1 Å². The summed E-state index contributed by atoms with van der Waals surface area (Å²) in [6.45, 7) is 4.07. The van der Waals surface area contributed by atoms with Crippen LogP contribution in [-0.2, 0) is 6.42 Å². The highest BCUT2D eigenvalue weighted by Crippen LogP contribution is 2.29. The Morgan fingerprint density at radius 2 is 1.71 bits per heavy atom. The quantitative estimate of drug-likeness (QED) is 0.837. The zero-order valence-electron chi connectivity index (χ0n) is 14.6. The van der Waals surface area contributed by atoms with Gasteiger partial charge in [0.2, 0.25) is 0 Å². The normalized spacial score (nSPS) is 11.5. The largest absolute Gasteiger partial charge is 0.493 e. The van der Waals surface area contributed by atoms with Gasteiger partial charge in [-0.1, -0.05) is 31.2 Å². The second-order valence-electron chi connectivity index (χ2n) is 5.49. The van der Waals surface area contributed by atoms with Gasteiger partial charge in [0, 0.05) is 11.8 Å². The van der Waals surface area contributed by atoms with E-state index in [1.54, 1.807) is 32.4 Å². The summed E-state index contributed by atoms with van der Waals surface area (Å²) in [7, 11) is 3.13. The van der Waals surface area contributed by atoms with Gasteiger partial charge in [-0.3, -0.25) is 0 Å². The van der Waals surface area contributed by atoms with Crippen LogP contribution in [0.25, 0.3) is 0 Å². The van der Waals surface area contributed by atoms with Crippen LogP contribution in [0.1, 0.15) is 31.0 Å². The molecule has 5 heteroatoms. The molecule has 0 aliphatic carbocycles. The summed E-state index contributed by atoms with van der Waals surface area (Å²) < 4.78 is 10.4. The van der Waals surface area contributed by atoms with Gasteiger partial charge in [-0.25, -0.2) is 4.79 Å². The van der Waals surface area contributed by atoms with Crippen molar-refractivity contribution in [3.63, 3.8) is 0 Å². The molecule has 0 saturated heterocycles. The average Bonchev–Trinajstić information content (AvgIpc) is 2.61. The number of hydrogen-bond donors (Lipinski definition) is 2. The minimum Gasteiger partial charge on any atom is -0.493 e. The summed E-state index contributed by atoms with van der Waals surface area (Å²) in [6, 6.07) is 13.1. The molecule has 2 aromatic rings. The molecule has 128 valence electrons. The van der Waals surface area contributed by atoms with E-state index < -0.39 is 0 Å². The molecule has 0 bridgehead atoms. The van der Waals surface area contributed by atoms with Gasteiger partial charge in [0.05, 0.1) is 20.3 Å². The predicted octanol–water partition coefficient (Wildman–Crippen LogP) is 4.15. The first kappa shape index (κ1) is 17.7. The van der Waals surface area contributed by atoms with Crippen LogP contribution in [0, 0.1) is 0 Å². The lowest BCUT2D eigenvalue weighted by molar-refractivity contribution is 0.249. The van der Waals surface area contributed by atoms with Gasteiger partial charge in [-0.2, -0.15) is 0 Å². The first-order valence-electron chi connectivity index (χ1n) is 7.95. The van der Waals surface area contributed by atoms with Crippen molar-refractivity contribution in [2.75, 3.05) is 19.5 Å². The summed E-state index contributed by atoms with van der Waals surface area (Å²) in [6.07, 6.45) is 1.00. The first-order chi connectivity index (χ1) is 11.6. The van der Waals surface area contributed by atoms with Crippen LogP contribution in [-0.4, -0.2) is 20.3 Å². The number of rotatable bonds is 6. The Bertz CT molecular complexity index is 684. The zero-order chi connectivity index (χ0) is 17.5. The van der Waals surface area contributed by atoms with Gasteiger partial charge in [0.1, 0.15) is 0 Å². The number of methoxy groups -OCH3 is 2. The molecule has 1 atom stereocenters. The molecule has 0 spiro atoms. The smallest absolute Gasteiger partial charge is 0.319 e. The van der Waals surface area contributed by atoms with Gasteiger partial charge in [0.15, 0.2) is 11.5 Å². The molecule has 2 N–H and O–H groups in total. The van der Waals surface area contributed by atoms with E-state index in [1.165, 1.54) is 5.56 Å². The van der Waals surface area contributed by atoms with Crippen molar-refractivity contribution in [2.24, 2.45) is 0 Å². The number of ether oxygens (including phenoxy) is 2. The highest BCUT2D eigenvalue weighted by Gasteiger charge is 2.11. The van der Waals surface area contributed by atoms with E-state index >= 15 is 0 Å². The lowest BCUT2D eigenvalue weighted by Gasteiger charge is -2.16. The molecule has 0 saturated carbocycles. The van der Waals surface area contributed by atoms with Crippen LogP contribution in [0.4, 0.5) is 10.5 Å². The summed E-state index contributed by atoms with van der Waals surface area (Å²) in [5.74, 6) is 1.19. The number of carbonyl (C=O) groups is 1. The summed E-state index contributed by atoms with van der Waals surface area (Å²) in [4.78, 5) is 12.2. The zero-order valence-corrected chi connectivity index (χ0v) is 14.6. The lowest BCUT2D eigenvalue weighted by Crippen LogP contribution is -2.31. The van der Waals surface area contributed by atoms with Crippen molar-refractivity contribution in [1.82, 2.24) is 5.32 Å². The molecule has 0 aliphatic heterocycles. The summed E-state index contributed by atoms with van der Waals surface area (Å²) in [5.41, 5.74) is 2.98. The Morgan fingerprint density at radius 1 is 1.04 bits per heavy atom. The van der Waals surface area contributed by atoms with E-state index in [0.29, 0.717) is 17.2 Å². The van der Waals surface area contributed by atoms with Crippen molar-refractivity contribution < 1.29 is 14.3 Å². The Labute approximate surface area is 143 Å². The Balaban J connectivity index is 1.99. The van der Waals surface area contributed by atoms with Crippen molar-refractivity contribution >= 4 is 11.7 Å². The molecule has 1 unspecified atom stereocenters. The van der Waals surface area contributed by atoms with Crippen LogP contribution in [0.15, 0.2) is 42.5 Å². The van der Waals surface area contributed by atoms with Gasteiger partial charge in [0.25, 0.3) is 0 Å². The summed E-state index contributed by atoms with van der Waals surface area (Å²) in [5, 5.41) is 5.73.